The van der Waals surface area contributed by atoms with Crippen molar-refractivity contribution >= 4 is 29.5 Å². The van der Waals surface area contributed by atoms with Gasteiger partial charge in [-0.05, 0) is 18.1 Å². The molecule has 2 rings (SSSR count). The molecular weight excluding hydrogens is 260 g/mol. The molecule has 2 heterocycles. The van der Waals surface area contributed by atoms with Crippen LogP contribution < -0.4 is 5.32 Å². The zero-order chi connectivity index (χ0) is 13.4. The third-order valence-electron chi connectivity index (χ3n) is 2.94. The topological polar surface area (TPSA) is 98.8 Å². The van der Waals surface area contributed by atoms with Crippen LogP contribution in [0.1, 0.15) is 6.92 Å². The zero-order valence-electron chi connectivity index (χ0n) is 9.84. The van der Waals surface area contributed by atoms with Gasteiger partial charge in [-0.25, -0.2) is 4.79 Å². The maximum absolute atomic E-state index is 11.9. The quantitative estimate of drug-likeness (QED) is 0.291. The second-order valence-corrected chi connectivity index (χ2v) is 5.54. The van der Waals surface area contributed by atoms with Gasteiger partial charge in [-0.2, -0.15) is 0 Å². The smallest absolute Gasteiger partial charge is 0.355 e. The normalized spacial score (nSPS) is 30.5. The van der Waals surface area contributed by atoms with Crippen molar-refractivity contribution in [1.29, 1.82) is 0 Å². The van der Waals surface area contributed by atoms with Crippen LogP contribution in [0.3, 0.4) is 0 Å². The number of amides is 2. The van der Waals surface area contributed by atoms with Crippen LogP contribution in [0.2, 0.25) is 0 Å². The molecule has 7 nitrogen and oxygen atoms in total. The van der Waals surface area contributed by atoms with Crippen LogP contribution in [0.4, 0.5) is 0 Å². The predicted octanol–water partition coefficient (Wildman–Crippen LogP) is -1.52. The fourth-order valence-corrected chi connectivity index (χ4v) is 3.82. The number of carbonyl (C=O) groups is 3. The number of hydrogen-bond donors (Lipinski definition) is 1. The van der Waals surface area contributed by atoms with Gasteiger partial charge in [0.05, 0.1) is 7.11 Å². The average Bonchev–Trinajstić information content (AvgIpc) is 2.34. The number of methoxy groups -OCH3 is 1. The van der Waals surface area contributed by atoms with Gasteiger partial charge in [0, 0.05) is 5.57 Å². The molecule has 1 N–H and O–H groups in total. The summed E-state index contributed by atoms with van der Waals surface area (Å²) in [6, 6.07) is -0.823. The summed E-state index contributed by atoms with van der Waals surface area (Å²) in [5.74, 6) is -0.886. The summed E-state index contributed by atoms with van der Waals surface area (Å²) in [4.78, 5) is 35.0. The number of β-lactam (4-membered cyclic amide) rings is 1. The Labute approximate surface area is 106 Å². The Hall–Kier alpha value is -1.54. The van der Waals surface area contributed by atoms with Crippen molar-refractivity contribution in [2.45, 2.75) is 18.3 Å². The predicted molar refractivity (Wildman–Crippen MR) is 61.3 cm³/mol. The largest absolute Gasteiger partial charge is 0.614 e. The van der Waals surface area contributed by atoms with Crippen LogP contribution in [0.15, 0.2) is 11.3 Å². The molecule has 0 aromatic heterocycles. The Bertz CT molecular complexity index is 450. The van der Waals surface area contributed by atoms with Crippen LogP contribution in [0.25, 0.3) is 0 Å². The van der Waals surface area contributed by atoms with E-state index in [1.807, 2.05) is 0 Å². The molecule has 2 aliphatic heterocycles. The highest BCUT2D eigenvalue weighted by atomic mass is 32.2. The lowest BCUT2D eigenvalue weighted by molar-refractivity contribution is -0.151. The Morgan fingerprint density at radius 1 is 1.67 bits per heavy atom. The van der Waals surface area contributed by atoms with Crippen LogP contribution >= 0.6 is 0 Å². The fourth-order valence-electron chi connectivity index (χ4n) is 2.14. The molecule has 2 amide bonds. The molecular formula is C10H12N2O5S. The number of esters is 1. The summed E-state index contributed by atoms with van der Waals surface area (Å²) in [7, 11) is 1.22. The molecule has 0 radical (unpaired) electrons. The van der Waals surface area contributed by atoms with E-state index in [-0.39, 0.29) is 11.4 Å². The van der Waals surface area contributed by atoms with E-state index in [0.717, 1.165) is 4.90 Å². The van der Waals surface area contributed by atoms with Gasteiger partial charge in [-0.1, -0.05) is 0 Å². The molecule has 0 aliphatic carbocycles. The van der Waals surface area contributed by atoms with E-state index in [4.69, 9.17) is 0 Å². The van der Waals surface area contributed by atoms with Gasteiger partial charge >= 0.3 is 5.97 Å². The Kier molecular flexibility index (Phi) is 3.31. The van der Waals surface area contributed by atoms with E-state index in [0.29, 0.717) is 12.0 Å². The summed E-state index contributed by atoms with van der Waals surface area (Å²) in [5, 5.41) is 1.63. The van der Waals surface area contributed by atoms with Crippen molar-refractivity contribution in [2.24, 2.45) is 0 Å². The zero-order valence-corrected chi connectivity index (χ0v) is 10.7. The minimum atomic E-state index is -1.33. The van der Waals surface area contributed by atoms with Crippen molar-refractivity contribution in [3.8, 4) is 0 Å². The van der Waals surface area contributed by atoms with Gasteiger partial charge in [0.1, 0.15) is 11.4 Å². The number of rotatable bonds is 3. The van der Waals surface area contributed by atoms with Crippen LogP contribution in [-0.2, 0) is 30.3 Å². The van der Waals surface area contributed by atoms with Gasteiger partial charge in [0.25, 0.3) is 5.91 Å². The fraction of sp³-hybridized carbons (Fsp3) is 0.500. The third-order valence-corrected chi connectivity index (χ3v) is 4.68. The van der Waals surface area contributed by atoms with E-state index in [9.17, 15) is 18.9 Å². The molecule has 1 fully saturated rings. The lowest BCUT2D eigenvalue weighted by Crippen LogP contribution is -2.74. The standard InChI is InChI=1S/C10H12N2O5S/c1-5-3-18(16)9-6(11-4-13)8(14)12(9)7(5)10(15)17-2/h4,6,9H,3H2,1-2H3,(H,11,13)/t6?,9-,18?/m1/s1. The Balaban J connectivity index is 2.34. The number of ether oxygens (including phenoxy) is 1. The number of nitrogens with zero attached hydrogens (tertiary/aromatic N) is 1. The van der Waals surface area contributed by atoms with Gasteiger partial charge in [0.15, 0.2) is 6.04 Å². The second kappa shape index (κ2) is 4.62. The molecule has 3 atom stereocenters. The number of fused-ring (bicyclic) bond motifs is 1. The van der Waals surface area contributed by atoms with Crippen molar-refractivity contribution < 1.29 is 23.7 Å². The molecule has 0 aromatic rings. The lowest BCUT2D eigenvalue weighted by Gasteiger charge is -2.48. The second-order valence-electron chi connectivity index (χ2n) is 4.01. The van der Waals surface area contributed by atoms with Crippen molar-refractivity contribution in [3.05, 3.63) is 11.3 Å². The van der Waals surface area contributed by atoms with E-state index in [2.05, 4.69) is 10.1 Å². The summed E-state index contributed by atoms with van der Waals surface area (Å²) < 4.78 is 16.5. The van der Waals surface area contributed by atoms with E-state index >= 15 is 0 Å². The minimum absolute atomic E-state index is 0.135. The Morgan fingerprint density at radius 3 is 2.89 bits per heavy atom. The van der Waals surface area contributed by atoms with E-state index in [1.165, 1.54) is 7.11 Å². The highest BCUT2D eigenvalue weighted by Gasteiger charge is 2.60. The van der Waals surface area contributed by atoms with Crippen LogP contribution in [0.5, 0.6) is 0 Å². The molecule has 18 heavy (non-hydrogen) atoms. The monoisotopic (exact) mass is 272 g/mol. The minimum Gasteiger partial charge on any atom is -0.614 e. The Morgan fingerprint density at radius 2 is 2.33 bits per heavy atom. The maximum Gasteiger partial charge on any atom is 0.355 e. The molecule has 0 aromatic carbocycles. The number of nitrogens with one attached hydrogen (secondary N) is 1. The van der Waals surface area contributed by atoms with E-state index < -0.39 is 34.5 Å². The molecule has 8 heteroatoms. The first-order chi connectivity index (χ1) is 8.52. The number of hydrogen-bond acceptors (Lipinski definition) is 5. The first-order valence-electron chi connectivity index (χ1n) is 5.21. The average molecular weight is 272 g/mol. The van der Waals surface area contributed by atoms with E-state index in [1.54, 1.807) is 6.92 Å². The van der Waals surface area contributed by atoms with Gasteiger partial charge < -0.3 is 14.6 Å². The van der Waals surface area contributed by atoms with Gasteiger partial charge in [0.2, 0.25) is 11.8 Å². The molecule has 1 saturated heterocycles. The molecule has 0 bridgehead atoms. The molecule has 0 saturated carbocycles. The van der Waals surface area contributed by atoms with Crippen molar-refractivity contribution in [1.82, 2.24) is 10.2 Å². The summed E-state index contributed by atoms with van der Waals surface area (Å²) in [6.07, 6.45) is 0.389. The van der Waals surface area contributed by atoms with Gasteiger partial charge in [-0.3, -0.25) is 14.5 Å². The number of carbonyl (C=O) groups excluding carboxylic acids is 3. The van der Waals surface area contributed by atoms with Crippen molar-refractivity contribution in [3.63, 3.8) is 0 Å². The molecule has 2 unspecified atom stereocenters. The maximum atomic E-state index is 11.9. The van der Waals surface area contributed by atoms with Crippen LogP contribution in [-0.4, -0.2) is 52.0 Å². The molecule has 2 aliphatic rings. The first kappa shape index (κ1) is 12.9. The van der Waals surface area contributed by atoms with Gasteiger partial charge in [-0.15, -0.1) is 0 Å². The highest BCUT2D eigenvalue weighted by molar-refractivity contribution is 7.92. The SMILES string of the molecule is COC(=O)C1=C(C)C[S+]([O-])[C@@H]2C(NC=O)C(=O)N12. The summed E-state index contributed by atoms with van der Waals surface area (Å²) in [6.45, 7) is 1.63. The summed E-state index contributed by atoms with van der Waals surface area (Å²) >= 11 is -1.33. The van der Waals surface area contributed by atoms with Crippen LogP contribution in [0, 0.1) is 0 Å². The van der Waals surface area contributed by atoms with Crippen molar-refractivity contribution in [2.75, 3.05) is 12.9 Å². The third kappa shape index (κ3) is 1.68. The summed E-state index contributed by atoms with van der Waals surface area (Å²) in [5.41, 5.74) is 0.686. The first-order valence-corrected chi connectivity index (χ1v) is 6.59. The molecule has 98 valence electrons. The molecule has 0 spiro atoms. The highest BCUT2D eigenvalue weighted by Crippen LogP contribution is 2.36. The lowest BCUT2D eigenvalue weighted by atomic mass is 10.0.